The molecule has 3 aromatic carbocycles. The van der Waals surface area contributed by atoms with Gasteiger partial charge in [0.2, 0.25) is 0 Å². The van der Waals surface area contributed by atoms with Crippen LogP contribution in [-0.2, 0) is 13.2 Å². The smallest absolute Gasteiger partial charge is 0.124 e. The van der Waals surface area contributed by atoms with Gasteiger partial charge >= 0.3 is 0 Å². The van der Waals surface area contributed by atoms with E-state index >= 15 is 0 Å². The second-order valence-corrected chi connectivity index (χ2v) is 6.57. The summed E-state index contributed by atoms with van der Waals surface area (Å²) in [4.78, 5) is 0. The molecule has 0 fully saturated rings. The highest BCUT2D eigenvalue weighted by atomic mass is 35.5. The predicted octanol–water partition coefficient (Wildman–Crippen LogP) is 6.15. The van der Waals surface area contributed by atoms with E-state index in [1.165, 1.54) is 11.1 Å². The first-order chi connectivity index (χ1) is 12.1. The third-order valence-electron chi connectivity index (χ3n) is 4.16. The molecule has 0 aliphatic carbocycles. The van der Waals surface area contributed by atoms with Crippen molar-refractivity contribution in [3.63, 3.8) is 0 Å². The quantitative estimate of drug-likeness (QED) is 0.575. The van der Waals surface area contributed by atoms with Crippen LogP contribution in [0.15, 0.2) is 66.7 Å². The largest absolute Gasteiger partial charge is 0.488 e. The Kier molecular flexibility index (Phi) is 5.62. The highest BCUT2D eigenvalue weighted by Gasteiger charge is 2.06. The van der Waals surface area contributed by atoms with Crippen LogP contribution in [-0.4, -0.2) is 0 Å². The van der Waals surface area contributed by atoms with Crippen LogP contribution in [0.2, 0.25) is 5.02 Å². The molecule has 0 spiro atoms. The molecule has 0 saturated carbocycles. The lowest BCUT2D eigenvalue weighted by molar-refractivity contribution is 0.303. The SMILES string of the molecule is Cc1ccc(NCc2ccccc2OCc2ccccc2Cl)c(C)c1. The summed E-state index contributed by atoms with van der Waals surface area (Å²) in [5.74, 6) is 0.875. The molecule has 0 unspecified atom stereocenters. The maximum atomic E-state index is 6.21. The second-order valence-electron chi connectivity index (χ2n) is 6.16. The monoisotopic (exact) mass is 351 g/mol. The highest BCUT2D eigenvalue weighted by molar-refractivity contribution is 6.31. The van der Waals surface area contributed by atoms with Crippen LogP contribution >= 0.6 is 11.6 Å². The zero-order valence-electron chi connectivity index (χ0n) is 14.6. The lowest BCUT2D eigenvalue weighted by Crippen LogP contribution is -2.05. The van der Waals surface area contributed by atoms with Gasteiger partial charge in [0.25, 0.3) is 0 Å². The Morgan fingerprint density at radius 1 is 0.880 bits per heavy atom. The number of halogens is 1. The average molecular weight is 352 g/mol. The van der Waals surface area contributed by atoms with Gasteiger partial charge < -0.3 is 10.1 Å². The molecule has 0 aliphatic rings. The summed E-state index contributed by atoms with van der Waals surface area (Å²) in [5.41, 5.74) is 5.77. The minimum Gasteiger partial charge on any atom is -0.488 e. The van der Waals surface area contributed by atoms with E-state index in [9.17, 15) is 0 Å². The van der Waals surface area contributed by atoms with Crippen molar-refractivity contribution in [1.29, 1.82) is 0 Å². The maximum Gasteiger partial charge on any atom is 0.124 e. The Balaban J connectivity index is 1.69. The highest BCUT2D eigenvalue weighted by Crippen LogP contribution is 2.24. The zero-order chi connectivity index (χ0) is 17.6. The lowest BCUT2D eigenvalue weighted by atomic mass is 10.1. The molecular formula is C22H22ClNO. The molecule has 3 aromatic rings. The van der Waals surface area contributed by atoms with Crippen molar-refractivity contribution in [2.75, 3.05) is 5.32 Å². The molecule has 1 N–H and O–H groups in total. The summed E-state index contributed by atoms with van der Waals surface area (Å²) >= 11 is 6.21. The summed E-state index contributed by atoms with van der Waals surface area (Å²) in [6.45, 7) is 5.40. The van der Waals surface area contributed by atoms with Crippen molar-refractivity contribution >= 4 is 17.3 Å². The molecule has 0 atom stereocenters. The summed E-state index contributed by atoms with van der Waals surface area (Å²) < 4.78 is 6.02. The number of para-hydroxylation sites is 1. The van der Waals surface area contributed by atoms with Gasteiger partial charge in [-0.2, -0.15) is 0 Å². The molecular weight excluding hydrogens is 330 g/mol. The van der Waals surface area contributed by atoms with Crippen LogP contribution in [0.5, 0.6) is 5.75 Å². The van der Waals surface area contributed by atoms with Gasteiger partial charge in [-0.3, -0.25) is 0 Å². The van der Waals surface area contributed by atoms with Crippen LogP contribution < -0.4 is 10.1 Å². The number of anilines is 1. The summed E-state index contributed by atoms with van der Waals surface area (Å²) in [6.07, 6.45) is 0. The number of nitrogens with one attached hydrogen (secondary N) is 1. The average Bonchev–Trinajstić information content (AvgIpc) is 2.61. The fourth-order valence-electron chi connectivity index (χ4n) is 2.76. The van der Waals surface area contributed by atoms with Crippen LogP contribution in [0.3, 0.4) is 0 Å². The van der Waals surface area contributed by atoms with Crippen molar-refractivity contribution in [3.05, 3.63) is 94.0 Å². The van der Waals surface area contributed by atoms with Gasteiger partial charge in [-0.15, -0.1) is 0 Å². The van der Waals surface area contributed by atoms with Gasteiger partial charge in [-0.1, -0.05) is 65.7 Å². The van der Waals surface area contributed by atoms with Crippen LogP contribution in [0, 0.1) is 13.8 Å². The van der Waals surface area contributed by atoms with E-state index in [1.54, 1.807) is 0 Å². The van der Waals surface area contributed by atoms with Gasteiger partial charge in [-0.25, -0.2) is 0 Å². The Hall–Kier alpha value is -2.45. The van der Waals surface area contributed by atoms with E-state index in [0.717, 1.165) is 27.6 Å². The van der Waals surface area contributed by atoms with Gasteiger partial charge in [-0.05, 0) is 37.6 Å². The Morgan fingerprint density at radius 2 is 1.60 bits per heavy atom. The van der Waals surface area contributed by atoms with E-state index < -0.39 is 0 Å². The lowest BCUT2D eigenvalue weighted by Gasteiger charge is -2.14. The normalized spacial score (nSPS) is 10.5. The van der Waals surface area contributed by atoms with Crippen LogP contribution in [0.4, 0.5) is 5.69 Å². The van der Waals surface area contributed by atoms with Gasteiger partial charge in [0.1, 0.15) is 12.4 Å². The molecule has 3 heteroatoms. The molecule has 3 rings (SSSR count). The number of aryl methyl sites for hydroxylation is 2. The van der Waals surface area contributed by atoms with E-state index in [1.807, 2.05) is 42.5 Å². The Bertz CT molecular complexity index is 860. The minimum absolute atomic E-state index is 0.459. The number of benzene rings is 3. The Morgan fingerprint density at radius 3 is 2.36 bits per heavy atom. The van der Waals surface area contributed by atoms with Gasteiger partial charge in [0, 0.05) is 28.4 Å². The molecule has 0 aromatic heterocycles. The molecule has 0 saturated heterocycles. The number of rotatable bonds is 6. The first-order valence-corrected chi connectivity index (χ1v) is 8.76. The van der Waals surface area contributed by atoms with Crippen LogP contribution in [0.1, 0.15) is 22.3 Å². The maximum absolute atomic E-state index is 6.21. The molecule has 0 radical (unpaired) electrons. The Labute approximate surface area is 154 Å². The van der Waals surface area contributed by atoms with Crippen molar-refractivity contribution in [3.8, 4) is 5.75 Å². The van der Waals surface area contributed by atoms with Crippen molar-refractivity contribution in [2.24, 2.45) is 0 Å². The molecule has 0 bridgehead atoms. The van der Waals surface area contributed by atoms with E-state index in [4.69, 9.17) is 16.3 Å². The van der Waals surface area contributed by atoms with Crippen molar-refractivity contribution < 1.29 is 4.74 Å². The molecule has 2 nitrogen and oxygen atoms in total. The first kappa shape index (κ1) is 17.4. The summed E-state index contributed by atoms with van der Waals surface area (Å²) in [5, 5.41) is 4.23. The number of hydrogen-bond donors (Lipinski definition) is 1. The molecule has 0 aliphatic heterocycles. The summed E-state index contributed by atoms with van der Waals surface area (Å²) in [6, 6.07) is 22.3. The van der Waals surface area contributed by atoms with E-state index in [-0.39, 0.29) is 0 Å². The van der Waals surface area contributed by atoms with E-state index in [2.05, 4.69) is 43.4 Å². The van der Waals surface area contributed by atoms with Gasteiger partial charge in [0.05, 0.1) is 0 Å². The topological polar surface area (TPSA) is 21.3 Å². The third-order valence-corrected chi connectivity index (χ3v) is 4.53. The molecule has 128 valence electrons. The molecule has 0 amide bonds. The fourth-order valence-corrected chi connectivity index (χ4v) is 2.95. The van der Waals surface area contributed by atoms with Gasteiger partial charge in [0.15, 0.2) is 0 Å². The van der Waals surface area contributed by atoms with Crippen molar-refractivity contribution in [1.82, 2.24) is 0 Å². The van der Waals surface area contributed by atoms with Crippen LogP contribution in [0.25, 0.3) is 0 Å². The standard InChI is InChI=1S/C22H22ClNO/c1-16-11-12-21(17(2)13-16)24-14-18-7-4-6-10-22(18)25-15-19-8-3-5-9-20(19)23/h3-13,24H,14-15H2,1-2H3. The molecule has 25 heavy (non-hydrogen) atoms. The second kappa shape index (κ2) is 8.09. The first-order valence-electron chi connectivity index (χ1n) is 8.39. The fraction of sp³-hybridized carbons (Fsp3) is 0.182. The predicted molar refractivity (Wildman–Crippen MR) is 105 cm³/mol. The number of hydrogen-bond acceptors (Lipinski definition) is 2. The van der Waals surface area contributed by atoms with E-state index in [0.29, 0.717) is 13.2 Å². The third kappa shape index (κ3) is 4.55. The summed E-state index contributed by atoms with van der Waals surface area (Å²) in [7, 11) is 0. The number of ether oxygens (including phenoxy) is 1. The zero-order valence-corrected chi connectivity index (χ0v) is 15.3. The molecule has 0 heterocycles. The van der Waals surface area contributed by atoms with Crippen molar-refractivity contribution in [2.45, 2.75) is 27.0 Å². The minimum atomic E-state index is 0.459.